The highest BCUT2D eigenvalue weighted by atomic mass is 15.3. The van der Waals surface area contributed by atoms with Crippen molar-refractivity contribution in [3.8, 4) is 11.8 Å². The lowest BCUT2D eigenvalue weighted by Crippen LogP contribution is -2.21. The van der Waals surface area contributed by atoms with E-state index < -0.39 is 0 Å². The lowest BCUT2D eigenvalue weighted by Gasteiger charge is -2.10. The first-order valence-electron chi connectivity index (χ1n) is 7.33. The Morgan fingerprint density at radius 1 is 1.24 bits per heavy atom. The number of benzene rings is 1. The molecule has 0 amide bonds. The number of hydrogen-bond donors (Lipinski definition) is 1. The summed E-state index contributed by atoms with van der Waals surface area (Å²) in [5.74, 6) is 0.381. The standard InChI is InChI=1S/C17H22N4/c1-12(2)16-7-8-21(20-16)17-6-5-14(9-15(17)10-18)11-19-13(3)4/h5-9,12-13,19H,11H2,1-4H3. The van der Waals surface area contributed by atoms with Gasteiger partial charge < -0.3 is 5.32 Å². The molecule has 2 aromatic rings. The maximum absolute atomic E-state index is 9.39. The van der Waals surface area contributed by atoms with Crippen molar-refractivity contribution in [1.29, 1.82) is 5.26 Å². The molecular weight excluding hydrogens is 260 g/mol. The van der Waals surface area contributed by atoms with Gasteiger partial charge in [-0.2, -0.15) is 10.4 Å². The van der Waals surface area contributed by atoms with Crippen LogP contribution in [-0.2, 0) is 6.54 Å². The van der Waals surface area contributed by atoms with Crippen molar-refractivity contribution in [3.63, 3.8) is 0 Å². The summed E-state index contributed by atoms with van der Waals surface area (Å²) in [7, 11) is 0. The Hall–Kier alpha value is -2.12. The molecule has 0 aliphatic heterocycles. The molecule has 0 unspecified atom stereocenters. The van der Waals surface area contributed by atoms with Gasteiger partial charge in [-0.1, -0.05) is 33.8 Å². The summed E-state index contributed by atoms with van der Waals surface area (Å²) in [6, 6.07) is 10.6. The van der Waals surface area contributed by atoms with Crippen LogP contribution in [0.2, 0.25) is 0 Å². The van der Waals surface area contributed by atoms with Crippen LogP contribution in [-0.4, -0.2) is 15.8 Å². The Morgan fingerprint density at radius 2 is 2.00 bits per heavy atom. The van der Waals surface area contributed by atoms with Gasteiger partial charge in [0.05, 0.1) is 16.9 Å². The zero-order chi connectivity index (χ0) is 15.4. The van der Waals surface area contributed by atoms with E-state index in [2.05, 4.69) is 44.2 Å². The van der Waals surface area contributed by atoms with Gasteiger partial charge in [0.25, 0.3) is 0 Å². The van der Waals surface area contributed by atoms with Gasteiger partial charge >= 0.3 is 0 Å². The minimum absolute atomic E-state index is 0.381. The van der Waals surface area contributed by atoms with Crippen LogP contribution < -0.4 is 5.32 Å². The molecule has 0 aliphatic carbocycles. The molecule has 0 saturated carbocycles. The van der Waals surface area contributed by atoms with Crippen LogP contribution in [0.3, 0.4) is 0 Å². The van der Waals surface area contributed by atoms with E-state index in [-0.39, 0.29) is 0 Å². The average Bonchev–Trinajstić information content (AvgIpc) is 2.94. The first kappa shape index (κ1) is 15.3. The molecule has 1 aromatic carbocycles. The maximum atomic E-state index is 9.39. The molecule has 0 bridgehead atoms. The first-order chi connectivity index (χ1) is 10.0. The van der Waals surface area contributed by atoms with E-state index in [0.29, 0.717) is 17.5 Å². The fourth-order valence-electron chi connectivity index (χ4n) is 2.08. The van der Waals surface area contributed by atoms with Crippen molar-refractivity contribution in [2.75, 3.05) is 0 Å². The minimum atomic E-state index is 0.381. The molecule has 2 rings (SSSR count). The molecule has 1 heterocycles. The number of nitriles is 1. The Balaban J connectivity index is 2.29. The summed E-state index contributed by atoms with van der Waals surface area (Å²) >= 11 is 0. The lowest BCUT2D eigenvalue weighted by atomic mass is 10.1. The van der Waals surface area contributed by atoms with Crippen LogP contribution in [0.5, 0.6) is 0 Å². The van der Waals surface area contributed by atoms with Crippen LogP contribution in [0.1, 0.15) is 50.4 Å². The minimum Gasteiger partial charge on any atom is -0.310 e. The smallest absolute Gasteiger partial charge is 0.101 e. The first-order valence-corrected chi connectivity index (χ1v) is 7.33. The van der Waals surface area contributed by atoms with Crippen molar-refractivity contribution < 1.29 is 0 Å². The predicted octanol–water partition coefficient (Wildman–Crippen LogP) is 3.37. The second-order valence-corrected chi connectivity index (χ2v) is 5.84. The number of hydrogen-bond acceptors (Lipinski definition) is 3. The highest BCUT2D eigenvalue weighted by molar-refractivity contribution is 5.50. The second-order valence-electron chi connectivity index (χ2n) is 5.84. The van der Waals surface area contributed by atoms with Crippen molar-refractivity contribution in [2.24, 2.45) is 0 Å². The van der Waals surface area contributed by atoms with Crippen LogP contribution in [0.4, 0.5) is 0 Å². The van der Waals surface area contributed by atoms with E-state index in [0.717, 1.165) is 23.5 Å². The van der Waals surface area contributed by atoms with Crippen LogP contribution in [0.15, 0.2) is 30.5 Å². The summed E-state index contributed by atoms with van der Waals surface area (Å²) in [6.45, 7) is 9.20. The van der Waals surface area contributed by atoms with Gasteiger partial charge in [-0.25, -0.2) is 4.68 Å². The zero-order valence-corrected chi connectivity index (χ0v) is 13.1. The van der Waals surface area contributed by atoms with Gasteiger partial charge in [-0.15, -0.1) is 0 Å². The molecule has 0 spiro atoms. The molecule has 1 N–H and O–H groups in total. The molecular formula is C17H22N4. The Labute approximate surface area is 126 Å². The van der Waals surface area contributed by atoms with Crippen molar-refractivity contribution in [2.45, 2.75) is 46.2 Å². The molecule has 4 nitrogen and oxygen atoms in total. The summed E-state index contributed by atoms with van der Waals surface area (Å²) in [5.41, 5.74) is 3.62. The molecule has 0 saturated heterocycles. The Bertz CT molecular complexity index is 647. The maximum Gasteiger partial charge on any atom is 0.101 e. The molecule has 1 aromatic heterocycles. The van der Waals surface area contributed by atoms with Crippen LogP contribution in [0.25, 0.3) is 5.69 Å². The van der Waals surface area contributed by atoms with Gasteiger partial charge in [0, 0.05) is 18.8 Å². The molecule has 0 atom stereocenters. The average molecular weight is 282 g/mol. The summed E-state index contributed by atoms with van der Waals surface area (Å²) < 4.78 is 1.79. The number of nitrogens with zero attached hydrogens (tertiary/aromatic N) is 3. The highest BCUT2D eigenvalue weighted by Crippen LogP contribution is 2.18. The normalized spacial score (nSPS) is 11.1. The summed E-state index contributed by atoms with van der Waals surface area (Å²) in [4.78, 5) is 0. The summed E-state index contributed by atoms with van der Waals surface area (Å²) in [6.07, 6.45) is 1.91. The lowest BCUT2D eigenvalue weighted by molar-refractivity contribution is 0.588. The van der Waals surface area contributed by atoms with E-state index in [4.69, 9.17) is 0 Å². The van der Waals surface area contributed by atoms with E-state index in [1.54, 1.807) is 4.68 Å². The van der Waals surface area contributed by atoms with Gasteiger partial charge in [0.15, 0.2) is 0 Å². The molecule has 0 fully saturated rings. The quantitative estimate of drug-likeness (QED) is 0.914. The third-order valence-electron chi connectivity index (χ3n) is 3.34. The van der Waals surface area contributed by atoms with E-state index in [1.807, 2.05) is 30.5 Å². The van der Waals surface area contributed by atoms with E-state index >= 15 is 0 Å². The van der Waals surface area contributed by atoms with E-state index in [9.17, 15) is 5.26 Å². The molecule has 110 valence electrons. The van der Waals surface area contributed by atoms with Crippen LogP contribution >= 0.6 is 0 Å². The second kappa shape index (κ2) is 6.55. The van der Waals surface area contributed by atoms with Crippen molar-refractivity contribution >= 4 is 0 Å². The topological polar surface area (TPSA) is 53.6 Å². The zero-order valence-electron chi connectivity index (χ0n) is 13.1. The highest BCUT2D eigenvalue weighted by Gasteiger charge is 2.09. The Morgan fingerprint density at radius 3 is 2.57 bits per heavy atom. The number of rotatable bonds is 5. The third-order valence-corrected chi connectivity index (χ3v) is 3.34. The predicted molar refractivity (Wildman–Crippen MR) is 84.3 cm³/mol. The van der Waals surface area contributed by atoms with Gasteiger partial charge in [-0.3, -0.25) is 0 Å². The molecule has 0 radical (unpaired) electrons. The van der Waals surface area contributed by atoms with Crippen LogP contribution in [0, 0.1) is 11.3 Å². The third kappa shape index (κ3) is 3.71. The summed E-state index contributed by atoms with van der Waals surface area (Å²) in [5, 5.41) is 17.3. The number of nitrogens with one attached hydrogen (secondary N) is 1. The molecule has 0 aliphatic rings. The molecule has 4 heteroatoms. The van der Waals surface area contributed by atoms with Gasteiger partial charge in [0.2, 0.25) is 0 Å². The monoisotopic (exact) mass is 282 g/mol. The number of aromatic nitrogens is 2. The van der Waals surface area contributed by atoms with Crippen molar-refractivity contribution in [1.82, 2.24) is 15.1 Å². The van der Waals surface area contributed by atoms with Gasteiger partial charge in [-0.05, 0) is 29.7 Å². The van der Waals surface area contributed by atoms with E-state index in [1.165, 1.54) is 0 Å². The fraction of sp³-hybridized carbons (Fsp3) is 0.412. The SMILES string of the molecule is CC(C)NCc1ccc(-n2ccc(C(C)C)n2)c(C#N)c1. The van der Waals surface area contributed by atoms with Gasteiger partial charge in [0.1, 0.15) is 6.07 Å². The fourth-order valence-corrected chi connectivity index (χ4v) is 2.08. The van der Waals surface area contributed by atoms with Crippen molar-refractivity contribution in [3.05, 3.63) is 47.3 Å². The molecule has 21 heavy (non-hydrogen) atoms. The Kier molecular flexibility index (Phi) is 4.77. The largest absolute Gasteiger partial charge is 0.310 e.